The van der Waals surface area contributed by atoms with Gasteiger partial charge in [0.15, 0.2) is 0 Å². The summed E-state index contributed by atoms with van der Waals surface area (Å²) in [6, 6.07) is -2.27. The van der Waals surface area contributed by atoms with Crippen molar-refractivity contribution in [3.8, 4) is 0 Å². The minimum atomic E-state index is -3.33. The lowest BCUT2D eigenvalue weighted by molar-refractivity contribution is -0.139. The van der Waals surface area contributed by atoms with Crippen LogP contribution >= 0.6 is 0 Å². The van der Waals surface area contributed by atoms with Crippen LogP contribution in [0.3, 0.4) is 0 Å². The second-order valence-electron chi connectivity index (χ2n) is 4.86. The normalized spacial score (nSPS) is 12.6. The predicted octanol–water partition coefficient (Wildman–Crippen LogP) is -1.30. The molecule has 0 saturated heterocycles. The van der Waals surface area contributed by atoms with Crippen molar-refractivity contribution in [2.24, 2.45) is 0 Å². The van der Waals surface area contributed by atoms with Gasteiger partial charge in [0, 0.05) is 12.3 Å². The Morgan fingerprint density at radius 1 is 1.14 bits per heavy atom. The fourth-order valence-electron chi connectivity index (χ4n) is 1.33. The number of rotatable bonds is 8. The SMILES string of the molecule is CC(C)NC(=O)CNC(=O)NC(CCS(C)(=O)=O)C(=O)O. The largest absolute Gasteiger partial charge is 0.480 e. The van der Waals surface area contributed by atoms with Gasteiger partial charge in [0.25, 0.3) is 0 Å². The summed E-state index contributed by atoms with van der Waals surface area (Å²) in [4.78, 5) is 33.7. The maximum Gasteiger partial charge on any atom is 0.326 e. The molecule has 0 saturated carbocycles. The molecule has 3 amide bonds. The quantitative estimate of drug-likeness (QED) is 0.437. The number of hydrogen-bond acceptors (Lipinski definition) is 5. The van der Waals surface area contributed by atoms with Gasteiger partial charge in [-0.3, -0.25) is 4.79 Å². The van der Waals surface area contributed by atoms with E-state index in [0.29, 0.717) is 0 Å². The van der Waals surface area contributed by atoms with Crippen molar-refractivity contribution in [3.05, 3.63) is 0 Å². The van der Waals surface area contributed by atoms with Gasteiger partial charge in [0.1, 0.15) is 15.9 Å². The van der Waals surface area contributed by atoms with Crippen molar-refractivity contribution >= 4 is 27.7 Å². The number of nitrogens with one attached hydrogen (secondary N) is 3. The van der Waals surface area contributed by atoms with E-state index in [1.165, 1.54) is 0 Å². The number of urea groups is 1. The molecule has 0 aliphatic heterocycles. The number of hydrogen-bond donors (Lipinski definition) is 4. The van der Waals surface area contributed by atoms with E-state index in [1.54, 1.807) is 13.8 Å². The molecule has 0 bridgehead atoms. The van der Waals surface area contributed by atoms with Gasteiger partial charge in [0.2, 0.25) is 5.91 Å². The number of carbonyl (C=O) groups is 3. The van der Waals surface area contributed by atoms with E-state index in [-0.39, 0.29) is 24.8 Å². The average Bonchev–Trinajstić information content (AvgIpc) is 2.29. The molecule has 1 unspecified atom stereocenters. The van der Waals surface area contributed by atoms with E-state index < -0.39 is 33.8 Å². The smallest absolute Gasteiger partial charge is 0.326 e. The van der Waals surface area contributed by atoms with Crippen LogP contribution < -0.4 is 16.0 Å². The third kappa shape index (κ3) is 10.6. The molecule has 1 atom stereocenters. The van der Waals surface area contributed by atoms with E-state index in [9.17, 15) is 22.8 Å². The molecule has 10 heteroatoms. The topological polar surface area (TPSA) is 142 Å². The van der Waals surface area contributed by atoms with E-state index in [1.807, 2.05) is 0 Å². The van der Waals surface area contributed by atoms with Crippen molar-refractivity contribution in [2.75, 3.05) is 18.6 Å². The lowest BCUT2D eigenvalue weighted by Gasteiger charge is -2.15. The van der Waals surface area contributed by atoms with Gasteiger partial charge < -0.3 is 21.1 Å². The summed E-state index contributed by atoms with van der Waals surface area (Å²) >= 11 is 0. The van der Waals surface area contributed by atoms with Gasteiger partial charge in [-0.2, -0.15) is 0 Å². The number of amides is 3. The predicted molar refractivity (Wildman–Crippen MR) is 75.6 cm³/mol. The average molecular weight is 323 g/mol. The van der Waals surface area contributed by atoms with E-state index in [4.69, 9.17) is 5.11 Å². The highest BCUT2D eigenvalue weighted by molar-refractivity contribution is 7.90. The number of aliphatic carboxylic acids is 1. The summed E-state index contributed by atoms with van der Waals surface area (Å²) in [5.41, 5.74) is 0. The molecule has 0 aromatic rings. The van der Waals surface area contributed by atoms with E-state index in [2.05, 4.69) is 16.0 Å². The highest BCUT2D eigenvalue weighted by Gasteiger charge is 2.21. The second-order valence-corrected chi connectivity index (χ2v) is 7.12. The van der Waals surface area contributed by atoms with Crippen LogP contribution in [0.15, 0.2) is 0 Å². The Labute approximate surface area is 123 Å². The van der Waals surface area contributed by atoms with Gasteiger partial charge in [0.05, 0.1) is 12.3 Å². The lowest BCUT2D eigenvalue weighted by atomic mass is 10.2. The summed E-state index contributed by atoms with van der Waals surface area (Å²) < 4.78 is 22.0. The molecule has 0 heterocycles. The zero-order valence-electron chi connectivity index (χ0n) is 12.2. The Bertz CT molecular complexity index is 488. The van der Waals surface area contributed by atoms with Crippen LogP contribution in [0.2, 0.25) is 0 Å². The van der Waals surface area contributed by atoms with Crippen molar-refractivity contribution in [1.82, 2.24) is 16.0 Å². The summed E-state index contributed by atoms with van der Waals surface area (Å²) in [5, 5.41) is 15.7. The van der Waals surface area contributed by atoms with Crippen molar-refractivity contribution in [3.63, 3.8) is 0 Å². The highest BCUT2D eigenvalue weighted by Crippen LogP contribution is 1.97. The number of sulfone groups is 1. The van der Waals surface area contributed by atoms with E-state index in [0.717, 1.165) is 6.26 Å². The number of carbonyl (C=O) groups excluding carboxylic acids is 2. The molecular formula is C11H21N3O6S. The van der Waals surface area contributed by atoms with Crippen LogP contribution in [0.1, 0.15) is 20.3 Å². The molecule has 0 rings (SSSR count). The molecule has 0 fully saturated rings. The molecule has 21 heavy (non-hydrogen) atoms. The zero-order valence-corrected chi connectivity index (χ0v) is 13.0. The molecule has 0 aliphatic rings. The molecule has 0 aromatic carbocycles. The van der Waals surface area contributed by atoms with Crippen molar-refractivity contribution in [2.45, 2.75) is 32.4 Å². The Balaban J connectivity index is 4.30. The monoisotopic (exact) mass is 323 g/mol. The second kappa shape index (κ2) is 8.45. The Kier molecular flexibility index (Phi) is 7.71. The maximum absolute atomic E-state index is 11.5. The first-order chi connectivity index (χ1) is 9.51. The fraction of sp³-hybridized carbons (Fsp3) is 0.727. The standard InChI is InChI=1S/C11H21N3O6S/c1-7(2)13-9(15)6-12-11(18)14-8(10(16)17)4-5-21(3,19)20/h7-8H,4-6H2,1-3H3,(H,13,15)(H,16,17)(H2,12,14,18). The maximum atomic E-state index is 11.5. The molecule has 9 nitrogen and oxygen atoms in total. The van der Waals surface area contributed by atoms with Crippen LogP contribution in [-0.4, -0.2) is 62.1 Å². The zero-order chi connectivity index (χ0) is 16.6. The molecule has 0 aromatic heterocycles. The summed E-state index contributed by atoms with van der Waals surface area (Å²) in [6.45, 7) is 3.20. The minimum absolute atomic E-state index is 0.0797. The third-order valence-corrected chi connectivity index (χ3v) is 3.22. The van der Waals surface area contributed by atoms with Crippen LogP contribution in [-0.2, 0) is 19.4 Å². The molecule has 4 N–H and O–H groups in total. The first-order valence-corrected chi connectivity index (χ1v) is 8.31. The fourth-order valence-corrected chi connectivity index (χ4v) is 2.00. The van der Waals surface area contributed by atoms with Gasteiger partial charge in [-0.05, 0) is 20.3 Å². The van der Waals surface area contributed by atoms with Gasteiger partial charge in [-0.25, -0.2) is 18.0 Å². The lowest BCUT2D eigenvalue weighted by Crippen LogP contribution is -2.49. The first-order valence-electron chi connectivity index (χ1n) is 6.25. The van der Waals surface area contributed by atoms with Crippen molar-refractivity contribution in [1.29, 1.82) is 0 Å². The van der Waals surface area contributed by atoms with Gasteiger partial charge >= 0.3 is 12.0 Å². The molecule has 0 spiro atoms. The summed E-state index contributed by atoms with van der Waals surface area (Å²) in [6.07, 6.45) is 0.724. The van der Waals surface area contributed by atoms with Crippen LogP contribution in [0, 0.1) is 0 Å². The van der Waals surface area contributed by atoms with Crippen LogP contribution in [0.5, 0.6) is 0 Å². The summed E-state index contributed by atoms with van der Waals surface area (Å²) in [7, 11) is -3.33. The molecule has 122 valence electrons. The molecular weight excluding hydrogens is 302 g/mol. The Morgan fingerprint density at radius 3 is 2.14 bits per heavy atom. The molecule has 0 radical (unpaired) electrons. The molecule has 0 aliphatic carbocycles. The summed E-state index contributed by atoms with van der Waals surface area (Å²) in [5.74, 6) is -2.12. The first kappa shape index (κ1) is 19.2. The number of carboxylic acids is 1. The minimum Gasteiger partial charge on any atom is -0.480 e. The number of carboxylic acid groups (broad SMARTS) is 1. The third-order valence-electron chi connectivity index (χ3n) is 2.24. The Morgan fingerprint density at radius 2 is 1.71 bits per heavy atom. The Hall–Kier alpha value is -1.84. The van der Waals surface area contributed by atoms with E-state index >= 15 is 0 Å². The van der Waals surface area contributed by atoms with Gasteiger partial charge in [-0.15, -0.1) is 0 Å². The van der Waals surface area contributed by atoms with Crippen LogP contribution in [0.4, 0.5) is 4.79 Å². The van der Waals surface area contributed by atoms with Gasteiger partial charge in [-0.1, -0.05) is 0 Å². The van der Waals surface area contributed by atoms with Crippen LogP contribution in [0.25, 0.3) is 0 Å². The highest BCUT2D eigenvalue weighted by atomic mass is 32.2. The van der Waals surface area contributed by atoms with Crippen molar-refractivity contribution < 1.29 is 27.9 Å².